The van der Waals surface area contributed by atoms with Crippen molar-refractivity contribution in [2.24, 2.45) is 5.73 Å². The van der Waals surface area contributed by atoms with Crippen molar-refractivity contribution >= 4 is 11.6 Å². The second kappa shape index (κ2) is 3.09. The SMILES string of the molecule is NC(=O)C1CCc2ccccc2N1. The molecule has 1 atom stereocenters. The van der Waals surface area contributed by atoms with Gasteiger partial charge in [0.05, 0.1) is 0 Å². The minimum absolute atomic E-state index is 0.199. The Hall–Kier alpha value is -1.51. The molecule has 3 heteroatoms. The highest BCUT2D eigenvalue weighted by Gasteiger charge is 2.20. The number of para-hydroxylation sites is 1. The first-order valence-corrected chi connectivity index (χ1v) is 4.41. The fourth-order valence-electron chi connectivity index (χ4n) is 1.65. The summed E-state index contributed by atoms with van der Waals surface area (Å²) in [6, 6.07) is 7.81. The summed E-state index contributed by atoms with van der Waals surface area (Å²) in [5, 5.41) is 3.12. The van der Waals surface area contributed by atoms with Gasteiger partial charge in [0, 0.05) is 5.69 Å². The van der Waals surface area contributed by atoms with Crippen molar-refractivity contribution < 1.29 is 4.79 Å². The molecule has 0 aliphatic carbocycles. The normalized spacial score (nSPS) is 20.2. The van der Waals surface area contributed by atoms with E-state index in [9.17, 15) is 4.79 Å². The highest BCUT2D eigenvalue weighted by molar-refractivity contribution is 5.84. The summed E-state index contributed by atoms with van der Waals surface area (Å²) in [4.78, 5) is 10.9. The first-order valence-electron chi connectivity index (χ1n) is 4.41. The minimum Gasteiger partial charge on any atom is -0.373 e. The Morgan fingerprint density at radius 3 is 3.00 bits per heavy atom. The van der Waals surface area contributed by atoms with Gasteiger partial charge in [-0.3, -0.25) is 4.79 Å². The third-order valence-electron chi connectivity index (χ3n) is 2.39. The van der Waals surface area contributed by atoms with Crippen molar-refractivity contribution in [1.82, 2.24) is 0 Å². The Labute approximate surface area is 76.9 Å². The number of nitrogens with one attached hydrogen (secondary N) is 1. The van der Waals surface area contributed by atoms with E-state index < -0.39 is 0 Å². The maximum absolute atomic E-state index is 10.9. The van der Waals surface area contributed by atoms with Gasteiger partial charge in [-0.25, -0.2) is 0 Å². The minimum atomic E-state index is -0.269. The topological polar surface area (TPSA) is 55.1 Å². The smallest absolute Gasteiger partial charge is 0.239 e. The van der Waals surface area contributed by atoms with Crippen LogP contribution in [0.15, 0.2) is 24.3 Å². The van der Waals surface area contributed by atoms with Gasteiger partial charge in [-0.2, -0.15) is 0 Å². The van der Waals surface area contributed by atoms with Gasteiger partial charge in [-0.1, -0.05) is 18.2 Å². The summed E-state index contributed by atoms with van der Waals surface area (Å²) in [5.41, 5.74) is 7.53. The molecule has 0 saturated carbocycles. The fraction of sp³-hybridized carbons (Fsp3) is 0.300. The van der Waals surface area contributed by atoms with Crippen LogP contribution < -0.4 is 11.1 Å². The zero-order valence-electron chi connectivity index (χ0n) is 7.29. The van der Waals surface area contributed by atoms with Crippen molar-refractivity contribution in [1.29, 1.82) is 0 Å². The van der Waals surface area contributed by atoms with Crippen molar-refractivity contribution in [2.45, 2.75) is 18.9 Å². The van der Waals surface area contributed by atoms with Gasteiger partial charge in [0.15, 0.2) is 0 Å². The number of fused-ring (bicyclic) bond motifs is 1. The van der Waals surface area contributed by atoms with E-state index in [4.69, 9.17) is 5.73 Å². The van der Waals surface area contributed by atoms with Gasteiger partial charge in [-0.05, 0) is 24.5 Å². The van der Waals surface area contributed by atoms with Crippen molar-refractivity contribution in [3.8, 4) is 0 Å². The molecule has 1 aliphatic heterocycles. The Morgan fingerprint density at radius 2 is 2.23 bits per heavy atom. The van der Waals surface area contributed by atoms with E-state index in [0.717, 1.165) is 18.5 Å². The number of hydrogen-bond acceptors (Lipinski definition) is 2. The number of nitrogens with two attached hydrogens (primary N) is 1. The van der Waals surface area contributed by atoms with Crippen LogP contribution in [0.2, 0.25) is 0 Å². The summed E-state index contributed by atoms with van der Waals surface area (Å²) in [6.07, 6.45) is 1.73. The average molecular weight is 176 g/mol. The number of primary amides is 1. The van der Waals surface area contributed by atoms with Crippen LogP contribution in [-0.4, -0.2) is 11.9 Å². The molecule has 0 fully saturated rings. The van der Waals surface area contributed by atoms with Gasteiger partial charge in [0.2, 0.25) is 5.91 Å². The first-order chi connectivity index (χ1) is 6.27. The molecule has 13 heavy (non-hydrogen) atoms. The largest absolute Gasteiger partial charge is 0.373 e. The van der Waals surface area contributed by atoms with Crippen LogP contribution in [0.4, 0.5) is 5.69 Å². The number of benzene rings is 1. The average Bonchev–Trinajstić information content (AvgIpc) is 2.17. The van der Waals surface area contributed by atoms with E-state index in [0.29, 0.717) is 0 Å². The predicted octanol–water partition coefficient (Wildman–Crippen LogP) is 0.899. The van der Waals surface area contributed by atoms with E-state index in [-0.39, 0.29) is 11.9 Å². The number of carbonyl (C=O) groups is 1. The van der Waals surface area contributed by atoms with Gasteiger partial charge in [-0.15, -0.1) is 0 Å². The third-order valence-corrected chi connectivity index (χ3v) is 2.39. The van der Waals surface area contributed by atoms with Crippen LogP contribution in [0.5, 0.6) is 0 Å². The molecule has 0 bridgehead atoms. The zero-order valence-corrected chi connectivity index (χ0v) is 7.29. The second-order valence-electron chi connectivity index (χ2n) is 3.30. The maximum atomic E-state index is 10.9. The van der Waals surface area contributed by atoms with Gasteiger partial charge in [0.25, 0.3) is 0 Å². The van der Waals surface area contributed by atoms with Crippen LogP contribution in [0.1, 0.15) is 12.0 Å². The highest BCUT2D eigenvalue weighted by atomic mass is 16.1. The number of hydrogen-bond donors (Lipinski definition) is 2. The molecule has 1 heterocycles. The number of aryl methyl sites for hydroxylation is 1. The molecular formula is C10H12N2O. The summed E-state index contributed by atoms with van der Waals surface area (Å²) in [6.45, 7) is 0. The molecule has 2 rings (SSSR count). The molecular weight excluding hydrogens is 164 g/mol. The molecule has 1 aliphatic rings. The van der Waals surface area contributed by atoms with Crippen LogP contribution in [0, 0.1) is 0 Å². The molecule has 1 aromatic carbocycles. The van der Waals surface area contributed by atoms with Crippen molar-refractivity contribution in [3.63, 3.8) is 0 Å². The lowest BCUT2D eigenvalue weighted by molar-refractivity contribution is -0.118. The number of carbonyl (C=O) groups excluding carboxylic acids is 1. The lowest BCUT2D eigenvalue weighted by atomic mass is 9.98. The second-order valence-corrected chi connectivity index (χ2v) is 3.30. The molecule has 68 valence electrons. The summed E-state index contributed by atoms with van der Waals surface area (Å²) >= 11 is 0. The molecule has 0 saturated heterocycles. The molecule has 3 nitrogen and oxygen atoms in total. The molecule has 0 radical (unpaired) electrons. The third kappa shape index (κ3) is 1.49. The summed E-state index contributed by atoms with van der Waals surface area (Å²) in [7, 11) is 0. The summed E-state index contributed by atoms with van der Waals surface area (Å²) < 4.78 is 0. The molecule has 3 N–H and O–H groups in total. The van der Waals surface area contributed by atoms with Crippen molar-refractivity contribution in [3.05, 3.63) is 29.8 Å². The van der Waals surface area contributed by atoms with Gasteiger partial charge < -0.3 is 11.1 Å². The monoisotopic (exact) mass is 176 g/mol. The quantitative estimate of drug-likeness (QED) is 0.668. The number of amides is 1. The Morgan fingerprint density at radius 1 is 1.46 bits per heavy atom. The highest BCUT2D eigenvalue weighted by Crippen LogP contribution is 2.23. The predicted molar refractivity (Wildman–Crippen MR) is 51.4 cm³/mol. The van der Waals surface area contributed by atoms with E-state index in [1.54, 1.807) is 0 Å². The van der Waals surface area contributed by atoms with E-state index >= 15 is 0 Å². The maximum Gasteiger partial charge on any atom is 0.239 e. The molecule has 1 aromatic rings. The Balaban J connectivity index is 2.24. The number of rotatable bonds is 1. The standard InChI is InChI=1S/C10H12N2O/c11-10(13)9-6-5-7-3-1-2-4-8(7)12-9/h1-4,9,12H,5-6H2,(H2,11,13). The lowest BCUT2D eigenvalue weighted by Crippen LogP contribution is -2.38. The van der Waals surface area contributed by atoms with Gasteiger partial charge >= 0.3 is 0 Å². The van der Waals surface area contributed by atoms with Crippen LogP contribution in [-0.2, 0) is 11.2 Å². The first kappa shape index (κ1) is 8.10. The zero-order chi connectivity index (χ0) is 9.26. The fourth-order valence-corrected chi connectivity index (χ4v) is 1.65. The van der Waals surface area contributed by atoms with E-state index in [1.165, 1.54) is 5.56 Å². The molecule has 0 spiro atoms. The van der Waals surface area contributed by atoms with Crippen LogP contribution >= 0.6 is 0 Å². The van der Waals surface area contributed by atoms with Gasteiger partial charge in [0.1, 0.15) is 6.04 Å². The Kier molecular flexibility index (Phi) is 1.93. The lowest BCUT2D eigenvalue weighted by Gasteiger charge is -2.24. The Bertz CT molecular complexity index is 335. The van der Waals surface area contributed by atoms with Crippen molar-refractivity contribution in [2.75, 3.05) is 5.32 Å². The van der Waals surface area contributed by atoms with Crippen LogP contribution in [0.3, 0.4) is 0 Å². The number of anilines is 1. The van der Waals surface area contributed by atoms with Crippen LogP contribution in [0.25, 0.3) is 0 Å². The molecule has 1 unspecified atom stereocenters. The van der Waals surface area contributed by atoms with E-state index in [2.05, 4.69) is 11.4 Å². The molecule has 0 aromatic heterocycles. The summed E-state index contributed by atoms with van der Waals surface area (Å²) in [5.74, 6) is -0.269. The van der Waals surface area contributed by atoms with E-state index in [1.807, 2.05) is 18.2 Å². The molecule has 1 amide bonds.